The highest BCUT2D eigenvalue weighted by molar-refractivity contribution is 5.89. The fourth-order valence-corrected chi connectivity index (χ4v) is 4.40. The first-order chi connectivity index (χ1) is 17.0. The minimum atomic E-state index is -1.68. The third-order valence-corrected chi connectivity index (χ3v) is 6.01. The van der Waals surface area contributed by atoms with Gasteiger partial charge in [0.2, 0.25) is 0 Å². The summed E-state index contributed by atoms with van der Waals surface area (Å²) in [5.41, 5.74) is 6.38. The standard InChI is InChI=1S/C31H26O4/c1-22(20-23-13-11-19-28-27-18-10-9-12-24(27)21-29(23)28)30(32)35-31(2,33-25-14-5-3-6-15-25)34-26-16-7-4-8-17-26/h3-19H,1,20-21H2,2H3. The Morgan fingerprint density at radius 1 is 0.771 bits per heavy atom. The normalized spacial score (nSPS) is 11.8. The van der Waals surface area contributed by atoms with Gasteiger partial charge in [-0.05, 0) is 58.5 Å². The summed E-state index contributed by atoms with van der Waals surface area (Å²) >= 11 is 0. The van der Waals surface area contributed by atoms with E-state index in [2.05, 4.69) is 36.9 Å². The summed E-state index contributed by atoms with van der Waals surface area (Å²) in [6.45, 7) is 5.62. The molecule has 1 aliphatic carbocycles. The lowest BCUT2D eigenvalue weighted by Crippen LogP contribution is -2.44. The second-order valence-corrected chi connectivity index (χ2v) is 8.64. The van der Waals surface area contributed by atoms with Crippen LogP contribution < -0.4 is 9.47 Å². The highest BCUT2D eigenvalue weighted by Gasteiger charge is 2.35. The molecule has 0 spiro atoms. The minimum absolute atomic E-state index is 0.328. The van der Waals surface area contributed by atoms with E-state index in [9.17, 15) is 4.79 Å². The number of hydrogen-bond acceptors (Lipinski definition) is 4. The molecule has 4 heteroatoms. The van der Waals surface area contributed by atoms with Crippen molar-refractivity contribution in [2.45, 2.75) is 25.7 Å². The van der Waals surface area contributed by atoms with Crippen LogP contribution in [0.2, 0.25) is 0 Å². The molecule has 0 radical (unpaired) electrons. The maximum absolute atomic E-state index is 13.2. The first-order valence-electron chi connectivity index (χ1n) is 11.6. The topological polar surface area (TPSA) is 44.8 Å². The molecular weight excluding hydrogens is 436 g/mol. The van der Waals surface area contributed by atoms with Crippen LogP contribution in [0.15, 0.2) is 115 Å². The summed E-state index contributed by atoms with van der Waals surface area (Å²) in [4.78, 5) is 13.2. The van der Waals surface area contributed by atoms with Gasteiger partial charge in [0.15, 0.2) is 0 Å². The summed E-state index contributed by atoms with van der Waals surface area (Å²) < 4.78 is 17.8. The maximum atomic E-state index is 13.2. The number of benzene rings is 4. The molecule has 0 fully saturated rings. The molecule has 0 amide bonds. The summed E-state index contributed by atoms with van der Waals surface area (Å²) in [5, 5.41) is 0. The number of carbonyl (C=O) groups excluding carboxylic acids is 1. The zero-order chi connectivity index (χ0) is 24.3. The highest BCUT2D eigenvalue weighted by atomic mass is 16.9. The number of fused-ring (bicyclic) bond motifs is 3. The molecule has 1 aliphatic rings. The van der Waals surface area contributed by atoms with Crippen molar-refractivity contribution in [2.24, 2.45) is 0 Å². The van der Waals surface area contributed by atoms with Gasteiger partial charge in [0, 0.05) is 12.0 Å². The molecule has 0 unspecified atom stereocenters. The van der Waals surface area contributed by atoms with Crippen LogP contribution in [-0.4, -0.2) is 11.9 Å². The molecule has 4 nitrogen and oxygen atoms in total. The van der Waals surface area contributed by atoms with Crippen LogP contribution in [0.5, 0.6) is 11.5 Å². The lowest BCUT2D eigenvalue weighted by molar-refractivity contribution is -0.272. The van der Waals surface area contributed by atoms with Gasteiger partial charge in [0.05, 0.1) is 6.92 Å². The van der Waals surface area contributed by atoms with Crippen molar-refractivity contribution in [1.29, 1.82) is 0 Å². The second kappa shape index (κ2) is 9.51. The predicted molar refractivity (Wildman–Crippen MR) is 136 cm³/mol. The first kappa shape index (κ1) is 22.5. The van der Waals surface area contributed by atoms with E-state index >= 15 is 0 Å². The van der Waals surface area contributed by atoms with Gasteiger partial charge >= 0.3 is 11.9 Å². The van der Waals surface area contributed by atoms with Gasteiger partial charge in [-0.2, -0.15) is 0 Å². The molecule has 0 atom stereocenters. The number of hydrogen-bond donors (Lipinski definition) is 0. The second-order valence-electron chi connectivity index (χ2n) is 8.64. The fraction of sp³-hybridized carbons (Fsp3) is 0.129. The highest BCUT2D eigenvalue weighted by Crippen LogP contribution is 2.38. The molecule has 0 aromatic heterocycles. The van der Waals surface area contributed by atoms with E-state index in [0.29, 0.717) is 23.5 Å². The molecule has 0 saturated carbocycles. The molecule has 4 aromatic carbocycles. The largest absolute Gasteiger partial charge is 0.421 e. The van der Waals surface area contributed by atoms with Gasteiger partial charge in [-0.3, -0.25) is 0 Å². The van der Waals surface area contributed by atoms with Crippen molar-refractivity contribution in [1.82, 2.24) is 0 Å². The van der Waals surface area contributed by atoms with E-state index in [1.165, 1.54) is 22.3 Å². The van der Waals surface area contributed by atoms with Crippen LogP contribution in [0.1, 0.15) is 23.6 Å². The molecule has 0 aliphatic heterocycles. The third-order valence-electron chi connectivity index (χ3n) is 6.01. The Morgan fingerprint density at radius 3 is 2.00 bits per heavy atom. The SMILES string of the molecule is C=C(Cc1cccc2c1Cc1ccccc1-2)C(=O)OC(C)(Oc1ccccc1)Oc1ccccc1. The van der Waals surface area contributed by atoms with E-state index in [4.69, 9.17) is 14.2 Å². The maximum Gasteiger partial charge on any atom is 0.416 e. The van der Waals surface area contributed by atoms with E-state index in [0.717, 1.165) is 12.0 Å². The van der Waals surface area contributed by atoms with Crippen molar-refractivity contribution >= 4 is 5.97 Å². The average molecular weight is 463 g/mol. The number of para-hydroxylation sites is 2. The van der Waals surface area contributed by atoms with Crippen LogP contribution in [0.25, 0.3) is 11.1 Å². The van der Waals surface area contributed by atoms with E-state index < -0.39 is 11.9 Å². The summed E-state index contributed by atoms with van der Waals surface area (Å²) in [5.74, 6) is -1.23. The molecule has 0 bridgehead atoms. The van der Waals surface area contributed by atoms with Crippen molar-refractivity contribution in [3.8, 4) is 22.6 Å². The van der Waals surface area contributed by atoms with E-state index in [1.807, 2.05) is 48.5 Å². The number of esters is 1. The van der Waals surface area contributed by atoms with Crippen LogP contribution in [0.3, 0.4) is 0 Å². The molecule has 4 aromatic rings. The zero-order valence-corrected chi connectivity index (χ0v) is 19.6. The lowest BCUT2D eigenvalue weighted by Gasteiger charge is -2.30. The lowest BCUT2D eigenvalue weighted by atomic mass is 9.96. The summed E-state index contributed by atoms with van der Waals surface area (Å²) in [7, 11) is 0. The molecule has 174 valence electrons. The Hall–Kier alpha value is -4.31. The van der Waals surface area contributed by atoms with Gasteiger partial charge < -0.3 is 14.2 Å². The van der Waals surface area contributed by atoms with E-state index in [-0.39, 0.29) is 0 Å². The smallest absolute Gasteiger partial charge is 0.416 e. The van der Waals surface area contributed by atoms with Crippen molar-refractivity contribution in [3.63, 3.8) is 0 Å². The summed E-state index contributed by atoms with van der Waals surface area (Å²) in [6.07, 6.45) is 1.22. The van der Waals surface area contributed by atoms with Gasteiger partial charge in [-0.1, -0.05) is 85.4 Å². The van der Waals surface area contributed by atoms with Crippen LogP contribution in [-0.2, 0) is 22.4 Å². The molecular formula is C31H26O4. The molecule has 0 N–H and O–H groups in total. The number of rotatable bonds is 8. The monoisotopic (exact) mass is 462 g/mol. The van der Waals surface area contributed by atoms with Gasteiger partial charge in [0.25, 0.3) is 0 Å². The quantitative estimate of drug-likeness (QED) is 0.146. The predicted octanol–water partition coefficient (Wildman–Crippen LogP) is 6.73. The van der Waals surface area contributed by atoms with E-state index in [1.54, 1.807) is 31.2 Å². The van der Waals surface area contributed by atoms with Gasteiger partial charge in [-0.25, -0.2) is 4.79 Å². The van der Waals surface area contributed by atoms with Crippen LogP contribution in [0.4, 0.5) is 0 Å². The Kier molecular flexibility index (Phi) is 6.11. The fourth-order valence-electron chi connectivity index (χ4n) is 4.40. The zero-order valence-electron chi connectivity index (χ0n) is 19.6. The molecule has 35 heavy (non-hydrogen) atoms. The van der Waals surface area contributed by atoms with Crippen molar-refractivity contribution in [3.05, 3.63) is 132 Å². The van der Waals surface area contributed by atoms with Gasteiger partial charge in [0.1, 0.15) is 11.5 Å². The van der Waals surface area contributed by atoms with Crippen LogP contribution in [0, 0.1) is 0 Å². The molecule has 0 heterocycles. The van der Waals surface area contributed by atoms with Crippen molar-refractivity contribution in [2.75, 3.05) is 0 Å². The van der Waals surface area contributed by atoms with Crippen LogP contribution >= 0.6 is 0 Å². The Labute approximate surface area is 205 Å². The first-order valence-corrected chi connectivity index (χ1v) is 11.6. The Balaban J connectivity index is 1.34. The Morgan fingerprint density at radius 2 is 1.34 bits per heavy atom. The third kappa shape index (κ3) is 4.97. The van der Waals surface area contributed by atoms with Crippen molar-refractivity contribution < 1.29 is 19.0 Å². The Bertz CT molecular complexity index is 1320. The molecule has 5 rings (SSSR count). The summed E-state index contributed by atoms with van der Waals surface area (Å²) in [6, 6.07) is 32.8. The molecule has 0 saturated heterocycles. The average Bonchev–Trinajstić information content (AvgIpc) is 3.25. The number of carbonyl (C=O) groups is 1. The minimum Gasteiger partial charge on any atom is -0.421 e. The number of ether oxygens (including phenoxy) is 3. The van der Waals surface area contributed by atoms with Gasteiger partial charge in [-0.15, -0.1) is 0 Å².